The molecule has 8 heavy (non-hydrogen) atoms. The Labute approximate surface area is 49.9 Å². The van der Waals surface area contributed by atoms with Gasteiger partial charge in [0.25, 0.3) is 0 Å². The first-order chi connectivity index (χ1) is 3.93. The largest absolute Gasteiger partial charge is 0.198 e. The van der Waals surface area contributed by atoms with Crippen LogP contribution < -0.4 is 0 Å². The van der Waals surface area contributed by atoms with Crippen LogP contribution in [0.3, 0.4) is 0 Å². The molecule has 5 heteroatoms. The van der Waals surface area contributed by atoms with Crippen molar-refractivity contribution in [3.8, 4) is 6.07 Å². The predicted octanol–water partition coefficient (Wildman–Crippen LogP) is -0.000820. The van der Waals surface area contributed by atoms with Crippen molar-refractivity contribution in [3.05, 3.63) is 5.01 Å². The minimum absolute atomic E-state index is 0.317. The number of hydrogen-bond donors (Lipinski definition) is 0. The van der Waals surface area contributed by atoms with Gasteiger partial charge in [-0.2, -0.15) is 5.26 Å². The molecule has 0 N–H and O–H groups in total. The molecule has 0 unspecified atom stereocenters. The topological polar surface area (TPSA) is 62.5 Å². The van der Waals surface area contributed by atoms with Crippen molar-refractivity contribution in [2.45, 2.75) is 6.42 Å². The van der Waals surface area contributed by atoms with E-state index in [1.54, 1.807) is 0 Å². The van der Waals surface area contributed by atoms with Crippen LogP contribution in [0.4, 0.5) is 0 Å². The number of rotatable bonds is 1. The normalized spacial score (nSPS) is 8.38. The van der Waals surface area contributed by atoms with Crippen LogP contribution in [0.15, 0.2) is 0 Å². The number of nitriles is 1. The molecule has 1 rings (SSSR count). The van der Waals surface area contributed by atoms with Gasteiger partial charge in [-0.3, -0.25) is 0 Å². The van der Waals surface area contributed by atoms with Gasteiger partial charge in [0.15, 0.2) is 5.01 Å². The van der Waals surface area contributed by atoms with Gasteiger partial charge in [-0.05, 0) is 5.21 Å². The van der Waals surface area contributed by atoms with Gasteiger partial charge >= 0.3 is 0 Å². The van der Waals surface area contributed by atoms with Crippen molar-refractivity contribution in [3.63, 3.8) is 0 Å². The lowest BCUT2D eigenvalue weighted by atomic mass is 10.5. The lowest BCUT2D eigenvalue weighted by Gasteiger charge is -1.70. The van der Waals surface area contributed by atoms with E-state index in [1.807, 2.05) is 6.07 Å². The molecule has 0 amide bonds. The third-order valence-corrected chi connectivity index (χ3v) is 1.16. The summed E-state index contributed by atoms with van der Waals surface area (Å²) in [6.07, 6.45) is 0.317. The highest BCUT2D eigenvalue weighted by atomic mass is 32.1. The summed E-state index contributed by atoms with van der Waals surface area (Å²) in [5.74, 6) is 0. The first-order valence-electron chi connectivity index (χ1n) is 1.94. The Morgan fingerprint density at radius 2 is 2.62 bits per heavy atom. The highest BCUT2D eigenvalue weighted by Crippen LogP contribution is 1.95. The molecule has 0 aliphatic heterocycles. The van der Waals surface area contributed by atoms with Crippen molar-refractivity contribution >= 4 is 11.5 Å². The Hall–Kier alpha value is -1.02. The van der Waals surface area contributed by atoms with Gasteiger partial charge in [0.1, 0.15) is 0 Å². The van der Waals surface area contributed by atoms with Crippen LogP contribution >= 0.6 is 11.5 Å². The first kappa shape index (κ1) is 5.12. The molecule has 0 saturated carbocycles. The maximum atomic E-state index is 8.10. The molecule has 0 radical (unpaired) electrons. The van der Waals surface area contributed by atoms with Gasteiger partial charge in [0.05, 0.1) is 12.5 Å². The monoisotopic (exact) mass is 126 g/mol. The second kappa shape index (κ2) is 2.33. The summed E-state index contributed by atoms with van der Waals surface area (Å²) < 4.78 is 3.47. The molecular weight excluding hydrogens is 124 g/mol. The van der Waals surface area contributed by atoms with Crippen molar-refractivity contribution in [2.75, 3.05) is 0 Å². The molecule has 0 aliphatic rings. The zero-order valence-electron chi connectivity index (χ0n) is 3.90. The minimum atomic E-state index is 0.317. The Kier molecular flexibility index (Phi) is 1.49. The number of nitrogens with zero attached hydrogens (tertiary/aromatic N) is 4. The first-order valence-corrected chi connectivity index (χ1v) is 2.71. The van der Waals surface area contributed by atoms with Gasteiger partial charge < -0.3 is 0 Å². The van der Waals surface area contributed by atoms with E-state index in [0.717, 1.165) is 11.5 Å². The van der Waals surface area contributed by atoms with E-state index < -0.39 is 0 Å². The van der Waals surface area contributed by atoms with E-state index in [4.69, 9.17) is 5.26 Å². The van der Waals surface area contributed by atoms with Crippen molar-refractivity contribution in [1.82, 2.24) is 14.8 Å². The molecule has 0 fully saturated rings. The lowest BCUT2D eigenvalue weighted by Crippen LogP contribution is -1.77. The van der Waals surface area contributed by atoms with Crippen molar-refractivity contribution in [2.24, 2.45) is 0 Å². The Morgan fingerprint density at radius 3 is 3.12 bits per heavy atom. The molecule has 0 saturated heterocycles. The molecule has 0 aliphatic carbocycles. The van der Waals surface area contributed by atoms with Crippen LogP contribution in [-0.2, 0) is 6.42 Å². The Bertz CT molecular complexity index is 186. The summed E-state index contributed by atoms with van der Waals surface area (Å²) in [5, 5.41) is 15.6. The summed E-state index contributed by atoms with van der Waals surface area (Å²) in [4.78, 5) is 0. The average Bonchev–Trinajstić information content (AvgIpc) is 2.19. The summed E-state index contributed by atoms with van der Waals surface area (Å²) in [6.45, 7) is 0. The Balaban J connectivity index is 2.67. The van der Waals surface area contributed by atoms with Gasteiger partial charge in [-0.1, -0.05) is 4.49 Å². The second-order valence-corrected chi connectivity index (χ2v) is 1.91. The zero-order valence-corrected chi connectivity index (χ0v) is 4.72. The van der Waals surface area contributed by atoms with Gasteiger partial charge in [0, 0.05) is 11.5 Å². The SMILES string of the molecule is N#CCc1nnns1. The fourth-order valence-electron chi connectivity index (χ4n) is 0.287. The third kappa shape index (κ3) is 0.978. The van der Waals surface area contributed by atoms with Crippen LogP contribution in [-0.4, -0.2) is 14.8 Å². The number of aromatic nitrogens is 3. The van der Waals surface area contributed by atoms with Gasteiger partial charge in [-0.25, -0.2) is 0 Å². The maximum absolute atomic E-state index is 8.10. The third-order valence-electron chi connectivity index (χ3n) is 0.569. The molecule has 0 atom stereocenters. The quantitative estimate of drug-likeness (QED) is 0.531. The molecule has 40 valence electrons. The van der Waals surface area contributed by atoms with Crippen LogP contribution in [0, 0.1) is 11.3 Å². The fraction of sp³-hybridized carbons (Fsp3) is 0.333. The minimum Gasteiger partial charge on any atom is -0.198 e. The molecule has 1 aromatic heterocycles. The van der Waals surface area contributed by atoms with Crippen LogP contribution in [0.5, 0.6) is 0 Å². The zero-order chi connectivity index (χ0) is 5.82. The van der Waals surface area contributed by atoms with Gasteiger partial charge in [0.2, 0.25) is 0 Å². The van der Waals surface area contributed by atoms with E-state index >= 15 is 0 Å². The van der Waals surface area contributed by atoms with E-state index in [9.17, 15) is 0 Å². The van der Waals surface area contributed by atoms with Crippen molar-refractivity contribution in [1.29, 1.82) is 5.26 Å². The maximum Gasteiger partial charge on any atom is 0.152 e. The fourth-order valence-corrected chi connectivity index (χ4v) is 0.656. The second-order valence-electron chi connectivity index (χ2n) is 1.09. The average molecular weight is 126 g/mol. The van der Waals surface area contributed by atoms with Crippen LogP contribution in [0.1, 0.15) is 5.01 Å². The molecule has 0 bridgehead atoms. The highest BCUT2D eigenvalue weighted by molar-refractivity contribution is 7.05. The summed E-state index contributed by atoms with van der Waals surface area (Å²) >= 11 is 1.15. The Morgan fingerprint density at radius 1 is 1.75 bits per heavy atom. The molecule has 1 aromatic rings. The highest BCUT2D eigenvalue weighted by Gasteiger charge is 1.92. The molecule has 1 heterocycles. The van der Waals surface area contributed by atoms with Crippen LogP contribution in [0.2, 0.25) is 0 Å². The standard InChI is InChI=1S/C3H2N4S/c4-2-1-3-5-6-7-8-3/h1H2. The smallest absolute Gasteiger partial charge is 0.152 e. The molecular formula is C3H2N4S. The molecule has 0 spiro atoms. The van der Waals surface area contributed by atoms with Crippen molar-refractivity contribution < 1.29 is 0 Å². The summed E-state index contributed by atoms with van der Waals surface area (Å²) in [7, 11) is 0. The van der Waals surface area contributed by atoms with E-state index in [1.165, 1.54) is 0 Å². The van der Waals surface area contributed by atoms with Crippen LogP contribution in [0.25, 0.3) is 0 Å². The predicted molar refractivity (Wildman–Crippen MR) is 27.0 cm³/mol. The van der Waals surface area contributed by atoms with Gasteiger partial charge in [-0.15, -0.1) is 5.10 Å². The van der Waals surface area contributed by atoms with E-state index in [-0.39, 0.29) is 0 Å². The van der Waals surface area contributed by atoms with E-state index in [2.05, 4.69) is 14.8 Å². The lowest BCUT2D eigenvalue weighted by molar-refractivity contribution is 0.926. The number of hydrogen-bond acceptors (Lipinski definition) is 5. The molecule has 4 nitrogen and oxygen atoms in total. The molecule has 0 aromatic carbocycles. The summed E-state index contributed by atoms with van der Waals surface area (Å²) in [5.41, 5.74) is 0. The van der Waals surface area contributed by atoms with E-state index in [0.29, 0.717) is 11.4 Å². The summed E-state index contributed by atoms with van der Waals surface area (Å²) in [6, 6.07) is 1.94.